The topological polar surface area (TPSA) is 82.1 Å². The standard InChI is InChI=1S/C29H24F10O6S2/c1-24(44-17-26(32,33)28(36,37)27(34,35)18-45-24)19-7-11-22(12-8-19)46(21-5-3-2-4-6-21)23-13-9-20(10-14-23)43-16-15-25(30,31)29(38,39)47(40,41)42/h2-14H,15-18H2,1H3/p+1. The maximum absolute atomic E-state index is 14.0. The Kier molecular flexibility index (Phi) is 9.98. The predicted molar refractivity (Wildman–Crippen MR) is 147 cm³/mol. The minimum absolute atomic E-state index is 0.0326. The van der Waals surface area contributed by atoms with Gasteiger partial charge >= 0.3 is 39.1 Å². The fourth-order valence-corrected chi connectivity index (χ4v) is 6.82. The monoisotopic (exact) mass is 723 g/mol. The molecule has 1 fully saturated rings. The fourth-order valence-electron chi connectivity index (χ4n) is 4.28. The van der Waals surface area contributed by atoms with Crippen LogP contribution in [0.3, 0.4) is 0 Å². The molecule has 0 amide bonds. The maximum Gasteiger partial charge on any atom is 0.431 e. The Morgan fingerprint density at radius 3 is 1.68 bits per heavy atom. The highest BCUT2D eigenvalue weighted by Crippen LogP contribution is 2.49. The molecule has 258 valence electrons. The highest BCUT2D eigenvalue weighted by Gasteiger charge is 2.73. The zero-order valence-corrected chi connectivity index (χ0v) is 25.6. The van der Waals surface area contributed by atoms with E-state index in [1.807, 2.05) is 0 Å². The normalized spacial score (nSPS) is 20.1. The number of alkyl halides is 10. The molecule has 0 radical (unpaired) electrons. The Labute approximate surface area is 264 Å². The highest BCUT2D eigenvalue weighted by atomic mass is 32.2. The highest BCUT2D eigenvalue weighted by molar-refractivity contribution is 7.97. The smallest absolute Gasteiger partial charge is 0.431 e. The average Bonchev–Trinajstić information content (AvgIpc) is 3.00. The van der Waals surface area contributed by atoms with Crippen molar-refractivity contribution in [3.63, 3.8) is 0 Å². The summed E-state index contributed by atoms with van der Waals surface area (Å²) in [6.45, 7) is -4.12. The summed E-state index contributed by atoms with van der Waals surface area (Å²) in [5.41, 5.74) is -0.0326. The van der Waals surface area contributed by atoms with Crippen LogP contribution in [-0.2, 0) is 36.3 Å². The molecule has 1 unspecified atom stereocenters. The average molecular weight is 724 g/mol. The first-order valence-corrected chi connectivity index (χ1v) is 16.0. The molecule has 0 spiro atoms. The van der Waals surface area contributed by atoms with Gasteiger partial charge in [0.1, 0.15) is 19.0 Å². The molecule has 1 atom stereocenters. The van der Waals surface area contributed by atoms with Gasteiger partial charge in [0.15, 0.2) is 20.5 Å². The van der Waals surface area contributed by atoms with Crippen molar-refractivity contribution in [3.8, 4) is 5.75 Å². The van der Waals surface area contributed by atoms with Gasteiger partial charge in [-0.25, -0.2) is 0 Å². The first-order chi connectivity index (χ1) is 21.5. The molecule has 47 heavy (non-hydrogen) atoms. The second kappa shape index (κ2) is 12.8. The third-order valence-electron chi connectivity index (χ3n) is 7.06. The first kappa shape index (κ1) is 36.8. The minimum Gasteiger partial charge on any atom is -0.493 e. The van der Waals surface area contributed by atoms with E-state index in [1.165, 1.54) is 48.5 Å². The van der Waals surface area contributed by atoms with E-state index >= 15 is 0 Å². The van der Waals surface area contributed by atoms with Crippen LogP contribution in [0, 0.1) is 0 Å². The van der Waals surface area contributed by atoms with Gasteiger partial charge in [0.25, 0.3) is 0 Å². The molecule has 1 saturated heterocycles. The molecule has 0 saturated carbocycles. The molecule has 3 aromatic carbocycles. The van der Waals surface area contributed by atoms with Crippen molar-refractivity contribution in [2.45, 2.75) is 62.8 Å². The van der Waals surface area contributed by atoms with Crippen molar-refractivity contribution < 1.29 is 71.1 Å². The molecule has 1 heterocycles. The van der Waals surface area contributed by atoms with E-state index in [-0.39, 0.29) is 11.3 Å². The van der Waals surface area contributed by atoms with E-state index < -0.39 is 82.0 Å². The molecule has 6 nitrogen and oxygen atoms in total. The van der Waals surface area contributed by atoms with Gasteiger partial charge in [0.05, 0.1) is 23.9 Å². The molecule has 0 aliphatic carbocycles. The lowest BCUT2D eigenvalue weighted by atomic mass is 10.0. The Hall–Kier alpha value is -3.06. The Morgan fingerprint density at radius 1 is 0.766 bits per heavy atom. The molecule has 4 rings (SSSR count). The lowest BCUT2D eigenvalue weighted by Crippen LogP contribution is -2.61. The second-order valence-electron chi connectivity index (χ2n) is 10.4. The number of rotatable bonds is 10. The van der Waals surface area contributed by atoms with Crippen molar-refractivity contribution in [3.05, 3.63) is 84.4 Å². The molecule has 3 aromatic rings. The van der Waals surface area contributed by atoms with Crippen molar-refractivity contribution in [2.24, 2.45) is 0 Å². The van der Waals surface area contributed by atoms with Crippen molar-refractivity contribution in [2.75, 3.05) is 19.8 Å². The van der Waals surface area contributed by atoms with Gasteiger partial charge in [0, 0.05) is 5.56 Å². The van der Waals surface area contributed by atoms with Crippen molar-refractivity contribution in [1.29, 1.82) is 0 Å². The van der Waals surface area contributed by atoms with E-state index in [2.05, 4.69) is 0 Å². The van der Waals surface area contributed by atoms with E-state index in [9.17, 15) is 52.3 Å². The Bertz CT molecular complexity index is 1620. The van der Waals surface area contributed by atoms with Gasteiger partial charge in [-0.3, -0.25) is 4.55 Å². The zero-order valence-electron chi connectivity index (χ0n) is 23.9. The van der Waals surface area contributed by atoms with E-state index in [0.717, 1.165) is 11.8 Å². The largest absolute Gasteiger partial charge is 0.493 e. The van der Waals surface area contributed by atoms with Crippen LogP contribution in [0.5, 0.6) is 5.75 Å². The quantitative estimate of drug-likeness (QED) is 0.131. The molecule has 1 N–H and O–H groups in total. The molecule has 18 heteroatoms. The van der Waals surface area contributed by atoms with E-state index in [0.29, 0.717) is 9.79 Å². The van der Waals surface area contributed by atoms with Gasteiger partial charge in [0.2, 0.25) is 0 Å². The van der Waals surface area contributed by atoms with Crippen LogP contribution in [0.4, 0.5) is 43.9 Å². The summed E-state index contributed by atoms with van der Waals surface area (Å²) in [5, 5.41) is -5.73. The first-order valence-electron chi connectivity index (χ1n) is 13.3. The van der Waals surface area contributed by atoms with Gasteiger partial charge in [-0.1, -0.05) is 18.2 Å². The lowest BCUT2D eigenvalue weighted by Gasteiger charge is -2.40. The van der Waals surface area contributed by atoms with Crippen LogP contribution in [0.1, 0.15) is 18.9 Å². The van der Waals surface area contributed by atoms with Crippen molar-refractivity contribution in [1.82, 2.24) is 0 Å². The number of hydrogen-bond donors (Lipinski definition) is 1. The fraction of sp³-hybridized carbons (Fsp3) is 0.379. The Balaban J connectivity index is 1.56. The van der Waals surface area contributed by atoms with Crippen molar-refractivity contribution >= 4 is 21.0 Å². The van der Waals surface area contributed by atoms with Crippen LogP contribution in [0.25, 0.3) is 0 Å². The number of halogens is 10. The van der Waals surface area contributed by atoms with E-state index in [1.54, 1.807) is 30.3 Å². The predicted octanol–water partition coefficient (Wildman–Crippen LogP) is 7.79. The van der Waals surface area contributed by atoms with Crippen LogP contribution < -0.4 is 4.74 Å². The van der Waals surface area contributed by atoms with Gasteiger partial charge in [-0.2, -0.15) is 52.3 Å². The van der Waals surface area contributed by atoms with Gasteiger partial charge in [-0.15, -0.1) is 0 Å². The summed E-state index contributed by atoms with van der Waals surface area (Å²) in [6.07, 6.45) is -1.74. The molecular weight excluding hydrogens is 698 g/mol. The van der Waals surface area contributed by atoms with Crippen LogP contribution in [0.2, 0.25) is 0 Å². The summed E-state index contributed by atoms with van der Waals surface area (Å²) in [5.74, 6) is -23.6. The number of benzene rings is 3. The molecule has 1 aliphatic heterocycles. The molecule has 1 aliphatic rings. The van der Waals surface area contributed by atoms with E-state index in [4.69, 9.17) is 18.8 Å². The maximum atomic E-state index is 14.0. The minimum atomic E-state index is -6.39. The third kappa shape index (κ3) is 7.21. The van der Waals surface area contributed by atoms with Crippen LogP contribution in [-0.4, -0.2) is 61.7 Å². The zero-order chi connectivity index (χ0) is 35.1. The summed E-state index contributed by atoms with van der Waals surface area (Å²) in [4.78, 5) is 1.93. The second-order valence-corrected chi connectivity index (χ2v) is 13.9. The third-order valence-corrected chi connectivity index (χ3v) is 10.2. The number of hydrogen-bond acceptors (Lipinski definition) is 5. The van der Waals surface area contributed by atoms with Crippen LogP contribution in [0.15, 0.2) is 93.5 Å². The molecule has 0 aromatic heterocycles. The summed E-state index contributed by atoms with van der Waals surface area (Å²) in [6, 6.07) is 20.1. The Morgan fingerprint density at radius 2 is 1.21 bits per heavy atom. The molecular formula is C29H25F10O6S2+. The SMILES string of the molecule is CC1(c2ccc([S+](c3ccccc3)c3ccc(OCCC(F)(F)C(F)(F)S(=O)(=O)O)cc3)cc2)OCC(F)(F)C(F)(F)C(F)(F)CO1. The lowest BCUT2D eigenvalue weighted by molar-refractivity contribution is -0.387. The summed E-state index contributed by atoms with van der Waals surface area (Å²) in [7, 11) is -7.31. The van der Waals surface area contributed by atoms with Gasteiger partial charge in [-0.05, 0) is 67.6 Å². The summed E-state index contributed by atoms with van der Waals surface area (Å²) >= 11 is 0. The summed E-state index contributed by atoms with van der Waals surface area (Å²) < 4.78 is 183. The van der Waals surface area contributed by atoms with Gasteiger partial charge < -0.3 is 14.2 Å². The van der Waals surface area contributed by atoms with Crippen LogP contribution >= 0.6 is 0 Å². The number of ether oxygens (including phenoxy) is 3. The molecule has 0 bridgehead atoms.